The number of hydrogen-bond donors (Lipinski definition) is 0. The molecule has 0 aliphatic rings. The standard InChI is InChI=1S/C10H7Cl3N4O/c1-5-14-16-17(15-5)4-7-8(11)3-2-6(9(7)12)10(13)18/h2-3H,4H2,1H3. The molecule has 0 bridgehead atoms. The fourth-order valence-electron chi connectivity index (χ4n) is 1.43. The molecule has 0 atom stereocenters. The summed E-state index contributed by atoms with van der Waals surface area (Å²) in [6.45, 7) is 1.93. The highest BCUT2D eigenvalue weighted by atomic mass is 35.5. The van der Waals surface area contributed by atoms with Crippen molar-refractivity contribution < 1.29 is 4.79 Å². The summed E-state index contributed by atoms with van der Waals surface area (Å²) in [6, 6.07) is 3.03. The van der Waals surface area contributed by atoms with Crippen LogP contribution in [0.25, 0.3) is 0 Å². The van der Waals surface area contributed by atoms with Gasteiger partial charge in [-0.3, -0.25) is 4.79 Å². The smallest absolute Gasteiger partial charge is 0.253 e. The highest BCUT2D eigenvalue weighted by Crippen LogP contribution is 2.29. The molecule has 5 nitrogen and oxygen atoms in total. The van der Waals surface area contributed by atoms with Crippen LogP contribution in [0, 0.1) is 6.92 Å². The van der Waals surface area contributed by atoms with E-state index in [9.17, 15) is 4.79 Å². The van der Waals surface area contributed by atoms with Crippen LogP contribution in [-0.4, -0.2) is 25.4 Å². The predicted molar refractivity (Wildman–Crippen MR) is 68.3 cm³/mol. The second-order valence-corrected chi connectivity index (χ2v) is 4.66. The molecule has 1 aromatic heterocycles. The Morgan fingerprint density at radius 1 is 1.39 bits per heavy atom. The van der Waals surface area contributed by atoms with Gasteiger partial charge in [0.25, 0.3) is 5.24 Å². The first-order valence-corrected chi connectivity index (χ1v) is 6.03. The summed E-state index contributed by atoms with van der Waals surface area (Å²) >= 11 is 17.5. The van der Waals surface area contributed by atoms with E-state index in [1.54, 1.807) is 13.0 Å². The summed E-state index contributed by atoms with van der Waals surface area (Å²) in [5.74, 6) is 0.534. The van der Waals surface area contributed by atoms with Crippen LogP contribution in [0.1, 0.15) is 21.7 Å². The van der Waals surface area contributed by atoms with Gasteiger partial charge in [-0.1, -0.05) is 23.2 Å². The second kappa shape index (κ2) is 5.22. The van der Waals surface area contributed by atoms with Crippen molar-refractivity contribution in [2.75, 3.05) is 0 Å². The van der Waals surface area contributed by atoms with E-state index < -0.39 is 5.24 Å². The number of tetrazole rings is 1. The number of carbonyl (C=O) groups excluding carboxylic acids is 1. The molecule has 8 heteroatoms. The van der Waals surface area contributed by atoms with Crippen LogP contribution >= 0.6 is 34.8 Å². The summed E-state index contributed by atoms with van der Waals surface area (Å²) in [4.78, 5) is 12.5. The maximum Gasteiger partial charge on any atom is 0.253 e. The van der Waals surface area contributed by atoms with Crippen molar-refractivity contribution >= 4 is 40.0 Å². The lowest BCUT2D eigenvalue weighted by Gasteiger charge is -2.08. The SMILES string of the molecule is Cc1nnn(Cc2c(Cl)ccc(C(=O)Cl)c2Cl)n1. The third-order valence-electron chi connectivity index (χ3n) is 2.25. The number of benzene rings is 1. The molecule has 2 aromatic rings. The number of nitrogens with zero attached hydrogens (tertiary/aromatic N) is 4. The van der Waals surface area contributed by atoms with E-state index >= 15 is 0 Å². The van der Waals surface area contributed by atoms with Crippen molar-refractivity contribution in [3.63, 3.8) is 0 Å². The average Bonchev–Trinajstić information content (AvgIpc) is 2.69. The minimum Gasteiger partial charge on any atom is -0.276 e. The molecule has 1 aromatic carbocycles. The number of hydrogen-bond acceptors (Lipinski definition) is 4. The molecule has 0 saturated carbocycles. The van der Waals surface area contributed by atoms with Gasteiger partial charge < -0.3 is 0 Å². The lowest BCUT2D eigenvalue weighted by molar-refractivity contribution is 0.108. The highest BCUT2D eigenvalue weighted by Gasteiger charge is 2.16. The van der Waals surface area contributed by atoms with Crippen LogP contribution in [0.4, 0.5) is 0 Å². The molecule has 0 radical (unpaired) electrons. The normalized spacial score (nSPS) is 10.7. The molecule has 0 aliphatic heterocycles. The van der Waals surface area contributed by atoms with Gasteiger partial charge in [-0.15, -0.1) is 10.2 Å². The molecule has 2 rings (SSSR count). The van der Waals surface area contributed by atoms with E-state index in [1.165, 1.54) is 10.9 Å². The van der Waals surface area contributed by atoms with Gasteiger partial charge in [0, 0.05) is 10.6 Å². The average molecular weight is 306 g/mol. The maximum absolute atomic E-state index is 11.2. The quantitative estimate of drug-likeness (QED) is 0.818. The number of aryl methyl sites for hydroxylation is 1. The van der Waals surface area contributed by atoms with Crippen molar-refractivity contribution in [3.05, 3.63) is 39.1 Å². The molecule has 0 saturated heterocycles. The topological polar surface area (TPSA) is 60.7 Å². The lowest BCUT2D eigenvalue weighted by Crippen LogP contribution is -2.07. The molecule has 18 heavy (non-hydrogen) atoms. The molecule has 0 amide bonds. The molecule has 0 N–H and O–H groups in total. The zero-order chi connectivity index (χ0) is 13.3. The van der Waals surface area contributed by atoms with Gasteiger partial charge in [-0.25, -0.2) is 0 Å². The predicted octanol–water partition coefficient (Wildman–Crippen LogP) is 2.72. The van der Waals surface area contributed by atoms with Gasteiger partial charge in [-0.2, -0.15) is 4.80 Å². The Balaban J connectivity index is 2.43. The maximum atomic E-state index is 11.2. The van der Waals surface area contributed by atoms with Crippen molar-refractivity contribution in [1.29, 1.82) is 0 Å². The van der Waals surface area contributed by atoms with Gasteiger partial charge in [0.15, 0.2) is 5.82 Å². The first kappa shape index (κ1) is 13.3. The third kappa shape index (κ3) is 2.63. The van der Waals surface area contributed by atoms with E-state index in [1.807, 2.05) is 0 Å². The van der Waals surface area contributed by atoms with Crippen LogP contribution in [0.2, 0.25) is 10.0 Å². The summed E-state index contributed by atoms with van der Waals surface area (Å²) in [7, 11) is 0. The Morgan fingerprint density at radius 3 is 2.67 bits per heavy atom. The van der Waals surface area contributed by atoms with Crippen molar-refractivity contribution in [3.8, 4) is 0 Å². The molecule has 0 spiro atoms. The number of rotatable bonds is 3. The first-order valence-electron chi connectivity index (χ1n) is 4.90. The minimum absolute atomic E-state index is 0.203. The fourth-order valence-corrected chi connectivity index (χ4v) is 2.21. The van der Waals surface area contributed by atoms with Crippen LogP contribution in [0.5, 0.6) is 0 Å². The fraction of sp³-hybridized carbons (Fsp3) is 0.200. The number of carbonyl (C=O) groups is 1. The Morgan fingerprint density at radius 2 is 2.11 bits per heavy atom. The highest BCUT2D eigenvalue weighted by molar-refractivity contribution is 6.68. The van der Waals surface area contributed by atoms with Crippen LogP contribution < -0.4 is 0 Å². The minimum atomic E-state index is -0.638. The van der Waals surface area contributed by atoms with Gasteiger partial charge in [0.05, 0.1) is 17.1 Å². The molecule has 0 fully saturated rings. The largest absolute Gasteiger partial charge is 0.276 e. The van der Waals surface area contributed by atoms with E-state index in [0.717, 1.165) is 0 Å². The molecule has 0 aliphatic carbocycles. The number of aromatic nitrogens is 4. The Bertz CT molecular complexity index is 611. The number of halogens is 3. The Hall–Kier alpha value is -1.17. The van der Waals surface area contributed by atoms with Crippen molar-refractivity contribution in [2.45, 2.75) is 13.5 Å². The summed E-state index contributed by atoms with van der Waals surface area (Å²) < 4.78 is 0. The lowest BCUT2D eigenvalue weighted by atomic mass is 10.1. The molecule has 94 valence electrons. The Kier molecular flexibility index (Phi) is 3.85. The third-order valence-corrected chi connectivity index (χ3v) is 3.24. The van der Waals surface area contributed by atoms with E-state index in [2.05, 4.69) is 15.4 Å². The van der Waals surface area contributed by atoms with Crippen molar-refractivity contribution in [2.24, 2.45) is 0 Å². The first-order chi connectivity index (χ1) is 8.49. The molecular weight excluding hydrogens is 298 g/mol. The van der Waals surface area contributed by atoms with Gasteiger partial charge >= 0.3 is 0 Å². The van der Waals surface area contributed by atoms with E-state index in [4.69, 9.17) is 34.8 Å². The van der Waals surface area contributed by atoms with Crippen LogP contribution in [-0.2, 0) is 6.54 Å². The summed E-state index contributed by atoms with van der Waals surface area (Å²) in [5.41, 5.74) is 0.733. The van der Waals surface area contributed by atoms with Crippen LogP contribution in [0.15, 0.2) is 12.1 Å². The van der Waals surface area contributed by atoms with Crippen molar-refractivity contribution in [1.82, 2.24) is 20.2 Å². The molecule has 1 heterocycles. The van der Waals surface area contributed by atoms with Crippen LogP contribution in [0.3, 0.4) is 0 Å². The monoisotopic (exact) mass is 304 g/mol. The van der Waals surface area contributed by atoms with Gasteiger partial charge in [-0.05, 0) is 35.9 Å². The van der Waals surface area contributed by atoms with Gasteiger partial charge in [0.2, 0.25) is 0 Å². The molecule has 0 unspecified atom stereocenters. The zero-order valence-electron chi connectivity index (χ0n) is 9.19. The van der Waals surface area contributed by atoms with Gasteiger partial charge in [0.1, 0.15) is 0 Å². The Labute approximate surface area is 118 Å². The second-order valence-electron chi connectivity index (χ2n) is 3.53. The van der Waals surface area contributed by atoms with E-state index in [0.29, 0.717) is 16.4 Å². The summed E-state index contributed by atoms with van der Waals surface area (Å²) in [5, 5.41) is 11.5. The molecular formula is C10H7Cl3N4O. The zero-order valence-corrected chi connectivity index (χ0v) is 11.5. The van der Waals surface area contributed by atoms with E-state index in [-0.39, 0.29) is 17.1 Å². The summed E-state index contributed by atoms with van der Waals surface area (Å²) in [6.07, 6.45) is 0.